The quantitative estimate of drug-likeness (QED) is 0.740. The van der Waals surface area contributed by atoms with E-state index in [1.54, 1.807) is 18.2 Å². The molecule has 0 aliphatic carbocycles. The molecule has 0 saturated carbocycles. The third-order valence-corrected chi connectivity index (χ3v) is 3.78. The summed E-state index contributed by atoms with van der Waals surface area (Å²) >= 11 is 0. The topological polar surface area (TPSA) is 78.4 Å². The fourth-order valence-electron chi connectivity index (χ4n) is 2.64. The van der Waals surface area contributed by atoms with Crippen molar-refractivity contribution in [1.82, 2.24) is 10.6 Å². The van der Waals surface area contributed by atoms with E-state index in [2.05, 4.69) is 10.6 Å². The van der Waals surface area contributed by atoms with E-state index in [1.807, 2.05) is 6.07 Å². The summed E-state index contributed by atoms with van der Waals surface area (Å²) in [5.74, 6) is -0.405. The first kappa shape index (κ1) is 15.5. The van der Waals surface area contributed by atoms with E-state index < -0.39 is 5.97 Å². The number of hydrogen-bond donors (Lipinski definition) is 3. The Morgan fingerprint density at radius 2 is 2.24 bits per heavy atom. The van der Waals surface area contributed by atoms with Gasteiger partial charge in [-0.1, -0.05) is 12.1 Å². The molecule has 0 radical (unpaired) electrons. The zero-order valence-electron chi connectivity index (χ0n) is 12.1. The van der Waals surface area contributed by atoms with Crippen molar-refractivity contribution in [2.45, 2.75) is 25.7 Å². The molecule has 5 nitrogen and oxygen atoms in total. The van der Waals surface area contributed by atoms with Crippen LogP contribution >= 0.6 is 0 Å². The van der Waals surface area contributed by atoms with Crippen molar-refractivity contribution < 1.29 is 14.7 Å². The number of carboxylic acids is 1. The van der Waals surface area contributed by atoms with Crippen LogP contribution in [0.3, 0.4) is 0 Å². The first-order valence-corrected chi connectivity index (χ1v) is 7.45. The molecule has 1 unspecified atom stereocenters. The Kier molecular flexibility index (Phi) is 5.75. The zero-order valence-corrected chi connectivity index (χ0v) is 12.1. The molecule has 1 atom stereocenters. The number of carboxylic acid groups (broad SMARTS) is 1. The first-order chi connectivity index (χ1) is 10.1. The van der Waals surface area contributed by atoms with Gasteiger partial charge in [0.15, 0.2) is 0 Å². The number of rotatable bonds is 6. The van der Waals surface area contributed by atoms with E-state index in [0.717, 1.165) is 31.5 Å². The minimum Gasteiger partial charge on any atom is -0.478 e. The Balaban J connectivity index is 1.72. The summed E-state index contributed by atoms with van der Waals surface area (Å²) in [6.07, 6.45) is 3.47. The summed E-state index contributed by atoms with van der Waals surface area (Å²) < 4.78 is 0. The highest BCUT2D eigenvalue weighted by atomic mass is 16.4. The Labute approximate surface area is 124 Å². The Morgan fingerprint density at radius 3 is 2.95 bits per heavy atom. The molecule has 0 aromatic heterocycles. The van der Waals surface area contributed by atoms with Gasteiger partial charge in [0, 0.05) is 13.0 Å². The van der Waals surface area contributed by atoms with Crippen LogP contribution < -0.4 is 10.6 Å². The Bertz CT molecular complexity index is 496. The predicted octanol–water partition coefficient (Wildman–Crippen LogP) is 1.43. The number of carbonyl (C=O) groups is 2. The fourth-order valence-corrected chi connectivity index (χ4v) is 2.64. The van der Waals surface area contributed by atoms with E-state index in [-0.39, 0.29) is 11.5 Å². The molecule has 21 heavy (non-hydrogen) atoms. The molecule has 2 rings (SSSR count). The summed E-state index contributed by atoms with van der Waals surface area (Å²) in [5.41, 5.74) is 1.21. The Morgan fingerprint density at radius 1 is 1.38 bits per heavy atom. The van der Waals surface area contributed by atoms with Gasteiger partial charge in [0.25, 0.3) is 0 Å². The summed E-state index contributed by atoms with van der Waals surface area (Å²) in [4.78, 5) is 22.7. The molecule has 5 heteroatoms. The van der Waals surface area contributed by atoms with Crippen molar-refractivity contribution in [2.24, 2.45) is 5.92 Å². The minimum atomic E-state index is -0.925. The SMILES string of the molecule is O=C(CC1CCCNC1)NCCc1cccc(C(=O)O)c1. The van der Waals surface area contributed by atoms with E-state index in [1.165, 1.54) is 0 Å². The molecule has 0 spiro atoms. The average molecular weight is 290 g/mol. The van der Waals surface area contributed by atoms with Crippen LogP contribution in [0.25, 0.3) is 0 Å². The Hall–Kier alpha value is -1.88. The summed E-state index contributed by atoms with van der Waals surface area (Å²) in [6.45, 7) is 2.52. The zero-order chi connectivity index (χ0) is 15.1. The molecule has 1 aliphatic rings. The summed E-state index contributed by atoms with van der Waals surface area (Å²) in [6, 6.07) is 6.83. The normalized spacial score (nSPS) is 18.2. The second-order valence-electron chi connectivity index (χ2n) is 5.52. The summed E-state index contributed by atoms with van der Waals surface area (Å²) in [5, 5.41) is 15.1. The van der Waals surface area contributed by atoms with Gasteiger partial charge < -0.3 is 15.7 Å². The lowest BCUT2D eigenvalue weighted by molar-refractivity contribution is -0.122. The lowest BCUT2D eigenvalue weighted by atomic mass is 9.96. The highest BCUT2D eigenvalue weighted by molar-refractivity contribution is 5.87. The number of carbonyl (C=O) groups excluding carboxylic acids is 1. The standard InChI is InChI=1S/C16H22N2O3/c19-15(10-13-4-2-7-17-11-13)18-8-6-12-3-1-5-14(9-12)16(20)21/h1,3,5,9,13,17H,2,4,6-8,10-11H2,(H,18,19)(H,20,21). The lowest BCUT2D eigenvalue weighted by Crippen LogP contribution is -2.34. The molecule has 1 aromatic carbocycles. The predicted molar refractivity (Wildman–Crippen MR) is 80.3 cm³/mol. The molecule has 1 heterocycles. The minimum absolute atomic E-state index is 0.0816. The molecular formula is C16H22N2O3. The average Bonchev–Trinajstić information content (AvgIpc) is 2.48. The van der Waals surface area contributed by atoms with E-state index in [9.17, 15) is 9.59 Å². The van der Waals surface area contributed by atoms with E-state index in [4.69, 9.17) is 5.11 Å². The van der Waals surface area contributed by atoms with Gasteiger partial charge in [0.2, 0.25) is 5.91 Å². The molecule has 1 aliphatic heterocycles. The molecule has 1 saturated heterocycles. The molecule has 3 N–H and O–H groups in total. The number of nitrogens with one attached hydrogen (secondary N) is 2. The maximum Gasteiger partial charge on any atom is 0.335 e. The summed E-state index contributed by atoms with van der Waals surface area (Å²) in [7, 11) is 0. The van der Waals surface area contributed by atoms with Crippen molar-refractivity contribution in [1.29, 1.82) is 0 Å². The number of hydrogen-bond acceptors (Lipinski definition) is 3. The third kappa shape index (κ3) is 5.19. The number of benzene rings is 1. The van der Waals surface area contributed by atoms with Crippen molar-refractivity contribution in [3.05, 3.63) is 35.4 Å². The molecule has 114 valence electrons. The smallest absolute Gasteiger partial charge is 0.335 e. The van der Waals surface area contributed by atoms with Gasteiger partial charge >= 0.3 is 5.97 Å². The van der Waals surface area contributed by atoms with Crippen LogP contribution in [0.4, 0.5) is 0 Å². The van der Waals surface area contributed by atoms with Gasteiger partial charge in [-0.3, -0.25) is 4.79 Å². The molecule has 1 aromatic rings. The molecule has 0 bridgehead atoms. The second kappa shape index (κ2) is 7.78. The van der Waals surface area contributed by atoms with Gasteiger partial charge in [-0.2, -0.15) is 0 Å². The van der Waals surface area contributed by atoms with Crippen LogP contribution in [0.1, 0.15) is 35.2 Å². The number of amides is 1. The van der Waals surface area contributed by atoms with Crippen LogP contribution in [0.5, 0.6) is 0 Å². The van der Waals surface area contributed by atoms with E-state index in [0.29, 0.717) is 25.3 Å². The van der Waals surface area contributed by atoms with Crippen molar-refractivity contribution in [3.8, 4) is 0 Å². The van der Waals surface area contributed by atoms with Crippen molar-refractivity contribution in [3.63, 3.8) is 0 Å². The van der Waals surface area contributed by atoms with Crippen molar-refractivity contribution >= 4 is 11.9 Å². The van der Waals surface area contributed by atoms with Gasteiger partial charge in [-0.25, -0.2) is 4.79 Å². The fraction of sp³-hybridized carbons (Fsp3) is 0.500. The van der Waals surface area contributed by atoms with Crippen LogP contribution in [-0.2, 0) is 11.2 Å². The monoisotopic (exact) mass is 290 g/mol. The van der Waals surface area contributed by atoms with Gasteiger partial charge in [0.1, 0.15) is 0 Å². The maximum absolute atomic E-state index is 11.8. The number of aromatic carboxylic acids is 1. The van der Waals surface area contributed by atoms with Crippen LogP contribution in [0.15, 0.2) is 24.3 Å². The van der Waals surface area contributed by atoms with Gasteiger partial charge in [-0.05, 0) is 56.0 Å². The molecular weight excluding hydrogens is 268 g/mol. The molecule has 1 fully saturated rings. The maximum atomic E-state index is 11.8. The highest BCUT2D eigenvalue weighted by Gasteiger charge is 2.16. The third-order valence-electron chi connectivity index (χ3n) is 3.78. The first-order valence-electron chi connectivity index (χ1n) is 7.45. The molecule has 1 amide bonds. The van der Waals surface area contributed by atoms with Crippen molar-refractivity contribution in [2.75, 3.05) is 19.6 Å². The van der Waals surface area contributed by atoms with Crippen LogP contribution in [0, 0.1) is 5.92 Å². The largest absolute Gasteiger partial charge is 0.478 e. The number of piperidine rings is 1. The van der Waals surface area contributed by atoms with E-state index >= 15 is 0 Å². The van der Waals surface area contributed by atoms with Gasteiger partial charge in [-0.15, -0.1) is 0 Å². The highest BCUT2D eigenvalue weighted by Crippen LogP contribution is 2.13. The van der Waals surface area contributed by atoms with Crippen LogP contribution in [-0.4, -0.2) is 36.6 Å². The second-order valence-corrected chi connectivity index (χ2v) is 5.52. The van der Waals surface area contributed by atoms with Gasteiger partial charge in [0.05, 0.1) is 5.56 Å². The lowest BCUT2D eigenvalue weighted by Gasteiger charge is -2.22. The van der Waals surface area contributed by atoms with Crippen LogP contribution in [0.2, 0.25) is 0 Å².